The summed E-state index contributed by atoms with van der Waals surface area (Å²) in [6, 6.07) is 8.45. The van der Waals surface area contributed by atoms with Gasteiger partial charge in [0.05, 0.1) is 0 Å². The fourth-order valence-corrected chi connectivity index (χ4v) is 1.76. The highest BCUT2D eigenvalue weighted by Gasteiger charge is 2.02. The molecule has 1 aromatic carbocycles. The van der Waals surface area contributed by atoms with E-state index in [1.54, 1.807) is 24.4 Å². The highest BCUT2D eigenvalue weighted by Crippen LogP contribution is 2.10. The lowest BCUT2D eigenvalue weighted by atomic mass is 10.2. The van der Waals surface area contributed by atoms with Gasteiger partial charge < -0.3 is 15.5 Å². The molecule has 1 heterocycles. The second-order valence-electron chi connectivity index (χ2n) is 4.94. The monoisotopic (exact) mass is 289 g/mol. The number of rotatable bonds is 7. The predicted molar refractivity (Wildman–Crippen MR) is 82.8 cm³/mol. The van der Waals surface area contributed by atoms with Gasteiger partial charge in [0.15, 0.2) is 0 Å². The number of likely N-dealkylation sites (N-methyl/N-ethyl adjacent to an activating group) is 1. The highest BCUT2D eigenvalue weighted by molar-refractivity contribution is 5.40. The van der Waals surface area contributed by atoms with Gasteiger partial charge in [0.1, 0.15) is 11.6 Å². The zero-order valence-electron chi connectivity index (χ0n) is 12.3. The third-order valence-corrected chi connectivity index (χ3v) is 2.92. The van der Waals surface area contributed by atoms with E-state index in [1.807, 2.05) is 20.2 Å². The van der Waals surface area contributed by atoms with Gasteiger partial charge in [0.2, 0.25) is 5.95 Å². The molecule has 0 spiro atoms. The maximum Gasteiger partial charge on any atom is 0.224 e. The molecular weight excluding hydrogens is 269 g/mol. The lowest BCUT2D eigenvalue weighted by molar-refractivity contribution is 0.425. The molecule has 112 valence electrons. The van der Waals surface area contributed by atoms with Crippen LogP contribution in [-0.2, 0) is 6.54 Å². The van der Waals surface area contributed by atoms with E-state index in [1.165, 1.54) is 6.07 Å². The van der Waals surface area contributed by atoms with Crippen molar-refractivity contribution in [2.75, 3.05) is 37.8 Å². The zero-order chi connectivity index (χ0) is 15.1. The summed E-state index contributed by atoms with van der Waals surface area (Å²) in [5.74, 6) is 1.01. The number of nitrogens with one attached hydrogen (secondary N) is 2. The Morgan fingerprint density at radius 2 is 1.95 bits per heavy atom. The van der Waals surface area contributed by atoms with E-state index in [4.69, 9.17) is 0 Å². The Morgan fingerprint density at radius 1 is 1.14 bits per heavy atom. The van der Waals surface area contributed by atoms with Crippen LogP contribution in [0.25, 0.3) is 0 Å². The number of nitrogens with zero attached hydrogens (tertiary/aromatic N) is 3. The molecule has 1 aromatic heterocycles. The van der Waals surface area contributed by atoms with Crippen LogP contribution in [-0.4, -0.2) is 42.1 Å². The summed E-state index contributed by atoms with van der Waals surface area (Å²) in [7, 11) is 4.02. The van der Waals surface area contributed by atoms with Crippen LogP contribution in [0, 0.1) is 5.82 Å². The minimum atomic E-state index is -0.219. The van der Waals surface area contributed by atoms with Crippen LogP contribution < -0.4 is 10.6 Å². The minimum Gasteiger partial charge on any atom is -0.366 e. The van der Waals surface area contributed by atoms with Crippen molar-refractivity contribution >= 4 is 11.8 Å². The second kappa shape index (κ2) is 7.54. The number of hydrogen-bond donors (Lipinski definition) is 2. The van der Waals surface area contributed by atoms with Gasteiger partial charge >= 0.3 is 0 Å². The Morgan fingerprint density at radius 3 is 2.71 bits per heavy atom. The minimum absolute atomic E-state index is 0.219. The van der Waals surface area contributed by atoms with Gasteiger partial charge in [-0.15, -0.1) is 0 Å². The molecule has 5 nitrogen and oxygen atoms in total. The smallest absolute Gasteiger partial charge is 0.224 e. The molecule has 0 aliphatic rings. The molecule has 0 fully saturated rings. The molecule has 2 N–H and O–H groups in total. The van der Waals surface area contributed by atoms with E-state index in [0.717, 1.165) is 13.1 Å². The summed E-state index contributed by atoms with van der Waals surface area (Å²) < 4.78 is 13.5. The maximum atomic E-state index is 13.5. The quantitative estimate of drug-likeness (QED) is 0.818. The fourth-order valence-electron chi connectivity index (χ4n) is 1.76. The van der Waals surface area contributed by atoms with Crippen LogP contribution in [0.4, 0.5) is 16.2 Å². The first-order chi connectivity index (χ1) is 10.1. The summed E-state index contributed by atoms with van der Waals surface area (Å²) in [6.45, 7) is 2.06. The maximum absolute atomic E-state index is 13.5. The first-order valence-corrected chi connectivity index (χ1v) is 6.84. The highest BCUT2D eigenvalue weighted by atomic mass is 19.1. The molecule has 0 radical (unpaired) electrons. The van der Waals surface area contributed by atoms with Gasteiger partial charge in [0, 0.05) is 31.4 Å². The first-order valence-electron chi connectivity index (χ1n) is 6.84. The second-order valence-corrected chi connectivity index (χ2v) is 4.94. The first kappa shape index (κ1) is 15.2. The van der Waals surface area contributed by atoms with Gasteiger partial charge in [-0.2, -0.15) is 4.98 Å². The average Bonchev–Trinajstić information content (AvgIpc) is 2.46. The number of aromatic nitrogens is 2. The number of halogens is 1. The van der Waals surface area contributed by atoms with Crippen molar-refractivity contribution in [1.29, 1.82) is 0 Å². The van der Waals surface area contributed by atoms with E-state index >= 15 is 0 Å². The van der Waals surface area contributed by atoms with E-state index in [2.05, 4.69) is 25.5 Å². The topological polar surface area (TPSA) is 53.1 Å². The molecule has 2 aromatic rings. The Kier molecular flexibility index (Phi) is 5.45. The molecule has 0 saturated heterocycles. The molecule has 0 aliphatic heterocycles. The number of hydrogen-bond acceptors (Lipinski definition) is 5. The predicted octanol–water partition coefficient (Wildman–Crippen LogP) is 2.20. The molecule has 21 heavy (non-hydrogen) atoms. The normalized spacial score (nSPS) is 10.7. The standard InChI is InChI=1S/C15H20FN5/c1-21(2)10-9-18-15-17-8-7-14(20-15)19-11-12-5-3-4-6-13(12)16/h3-8H,9-11H2,1-2H3,(H2,17,18,19,20). The molecule has 6 heteroatoms. The van der Waals surface area contributed by atoms with Crippen molar-refractivity contribution in [2.45, 2.75) is 6.54 Å². The molecule has 0 aliphatic carbocycles. The zero-order valence-corrected chi connectivity index (χ0v) is 12.3. The molecular formula is C15H20FN5. The van der Waals surface area contributed by atoms with Crippen LogP contribution in [0.15, 0.2) is 36.5 Å². The van der Waals surface area contributed by atoms with Gasteiger partial charge in [-0.3, -0.25) is 0 Å². The average molecular weight is 289 g/mol. The molecule has 0 atom stereocenters. The van der Waals surface area contributed by atoms with Crippen LogP contribution >= 0.6 is 0 Å². The number of anilines is 2. The van der Waals surface area contributed by atoms with E-state index in [0.29, 0.717) is 23.9 Å². The molecule has 0 amide bonds. The van der Waals surface area contributed by atoms with Crippen molar-refractivity contribution in [3.63, 3.8) is 0 Å². The van der Waals surface area contributed by atoms with E-state index < -0.39 is 0 Å². The van der Waals surface area contributed by atoms with Crippen molar-refractivity contribution in [3.05, 3.63) is 47.9 Å². The fraction of sp³-hybridized carbons (Fsp3) is 0.333. The Balaban J connectivity index is 1.90. The van der Waals surface area contributed by atoms with Gasteiger partial charge in [-0.1, -0.05) is 18.2 Å². The van der Waals surface area contributed by atoms with Gasteiger partial charge in [0.25, 0.3) is 0 Å². The van der Waals surface area contributed by atoms with Crippen LogP contribution in [0.5, 0.6) is 0 Å². The number of benzene rings is 1. The van der Waals surface area contributed by atoms with Crippen molar-refractivity contribution in [1.82, 2.24) is 14.9 Å². The van der Waals surface area contributed by atoms with Crippen molar-refractivity contribution in [3.8, 4) is 0 Å². The third-order valence-electron chi connectivity index (χ3n) is 2.92. The summed E-state index contributed by atoms with van der Waals surface area (Å²) in [5, 5.41) is 6.25. The summed E-state index contributed by atoms with van der Waals surface area (Å²) in [6.07, 6.45) is 1.68. The van der Waals surface area contributed by atoms with Crippen LogP contribution in [0.2, 0.25) is 0 Å². The largest absolute Gasteiger partial charge is 0.366 e. The molecule has 0 saturated carbocycles. The van der Waals surface area contributed by atoms with Crippen molar-refractivity contribution < 1.29 is 4.39 Å². The van der Waals surface area contributed by atoms with Crippen molar-refractivity contribution in [2.24, 2.45) is 0 Å². The Hall–Kier alpha value is -2.21. The summed E-state index contributed by atoms with van der Waals surface area (Å²) in [5.41, 5.74) is 0.609. The van der Waals surface area contributed by atoms with E-state index in [-0.39, 0.29) is 5.82 Å². The molecule has 0 bridgehead atoms. The summed E-state index contributed by atoms with van der Waals surface area (Å²) >= 11 is 0. The molecule has 0 unspecified atom stereocenters. The Labute approximate surface area is 124 Å². The van der Waals surface area contributed by atoms with Gasteiger partial charge in [-0.25, -0.2) is 9.37 Å². The SMILES string of the molecule is CN(C)CCNc1nccc(NCc2ccccc2F)n1. The summed E-state index contributed by atoms with van der Waals surface area (Å²) in [4.78, 5) is 10.6. The lowest BCUT2D eigenvalue weighted by Crippen LogP contribution is -2.21. The Bertz CT molecular complexity index is 573. The van der Waals surface area contributed by atoms with E-state index in [9.17, 15) is 4.39 Å². The van der Waals surface area contributed by atoms with Crippen LogP contribution in [0.3, 0.4) is 0 Å². The lowest BCUT2D eigenvalue weighted by Gasteiger charge is -2.11. The van der Waals surface area contributed by atoms with Gasteiger partial charge in [-0.05, 0) is 26.2 Å². The third kappa shape index (κ3) is 5.00. The molecule has 2 rings (SSSR count). The van der Waals surface area contributed by atoms with Crippen LogP contribution in [0.1, 0.15) is 5.56 Å².